The average molecular weight is 251 g/mol. The van der Waals surface area contributed by atoms with Crippen LogP contribution in [-0.2, 0) is 4.74 Å². The van der Waals surface area contributed by atoms with Gasteiger partial charge in [0.25, 0.3) is 0 Å². The maximum absolute atomic E-state index is 5.74. The first kappa shape index (κ1) is 12.9. The van der Waals surface area contributed by atoms with Gasteiger partial charge < -0.3 is 10.1 Å². The Bertz CT molecular complexity index is 262. The van der Waals surface area contributed by atoms with Gasteiger partial charge in [0, 0.05) is 12.6 Å². The highest BCUT2D eigenvalue weighted by molar-refractivity contribution is 4.91. The molecular weight excluding hydrogens is 222 g/mol. The number of hydrogen-bond acceptors (Lipinski definition) is 2. The quantitative estimate of drug-likeness (QED) is 0.781. The molecule has 3 rings (SSSR count). The minimum Gasteiger partial charge on any atom is -0.378 e. The van der Waals surface area contributed by atoms with Gasteiger partial charge in [0.05, 0.1) is 6.10 Å². The van der Waals surface area contributed by atoms with E-state index in [4.69, 9.17) is 4.74 Å². The number of ether oxygens (including phenoxy) is 1. The molecule has 1 saturated heterocycles. The van der Waals surface area contributed by atoms with Crippen molar-refractivity contribution in [3.05, 3.63) is 0 Å². The molecule has 2 nitrogen and oxygen atoms in total. The van der Waals surface area contributed by atoms with E-state index in [0.29, 0.717) is 6.10 Å². The summed E-state index contributed by atoms with van der Waals surface area (Å²) in [5.41, 5.74) is 0. The third-order valence-electron chi connectivity index (χ3n) is 5.74. The molecule has 5 atom stereocenters. The zero-order valence-corrected chi connectivity index (χ0v) is 11.9. The fourth-order valence-corrected chi connectivity index (χ4v) is 4.67. The smallest absolute Gasteiger partial charge is 0.0576 e. The Balaban J connectivity index is 1.41. The fourth-order valence-electron chi connectivity index (χ4n) is 4.67. The predicted octanol–water partition coefficient (Wildman–Crippen LogP) is 3.36. The molecule has 2 heteroatoms. The topological polar surface area (TPSA) is 21.3 Å². The van der Waals surface area contributed by atoms with Gasteiger partial charge in [-0.05, 0) is 76.2 Å². The van der Waals surface area contributed by atoms with Crippen molar-refractivity contribution in [2.45, 2.75) is 69.9 Å². The minimum atomic E-state index is 0.570. The third-order valence-corrected chi connectivity index (χ3v) is 5.74. The lowest BCUT2D eigenvalue weighted by Gasteiger charge is -2.27. The number of fused-ring (bicyclic) bond motifs is 2. The summed E-state index contributed by atoms with van der Waals surface area (Å²) in [7, 11) is 2.15. The van der Waals surface area contributed by atoms with Crippen LogP contribution in [-0.4, -0.2) is 25.8 Å². The molecule has 2 saturated carbocycles. The maximum Gasteiger partial charge on any atom is 0.0576 e. The number of hydrogen-bond donors (Lipinski definition) is 1. The zero-order valence-electron chi connectivity index (χ0n) is 11.9. The molecule has 1 aliphatic heterocycles. The molecule has 18 heavy (non-hydrogen) atoms. The van der Waals surface area contributed by atoms with Crippen molar-refractivity contribution in [2.75, 3.05) is 13.7 Å². The van der Waals surface area contributed by atoms with Crippen LogP contribution in [0, 0.1) is 17.8 Å². The summed E-state index contributed by atoms with van der Waals surface area (Å²) in [5.74, 6) is 3.20. The van der Waals surface area contributed by atoms with Gasteiger partial charge in [-0.3, -0.25) is 0 Å². The Morgan fingerprint density at radius 2 is 2.17 bits per heavy atom. The Morgan fingerprint density at radius 3 is 2.78 bits per heavy atom. The summed E-state index contributed by atoms with van der Waals surface area (Å²) in [6, 6.07) is 0.735. The summed E-state index contributed by atoms with van der Waals surface area (Å²) in [5, 5.41) is 3.56. The summed E-state index contributed by atoms with van der Waals surface area (Å²) in [4.78, 5) is 0. The van der Waals surface area contributed by atoms with Crippen LogP contribution in [0.5, 0.6) is 0 Å². The van der Waals surface area contributed by atoms with Crippen LogP contribution in [0.1, 0.15) is 57.8 Å². The van der Waals surface area contributed by atoms with Gasteiger partial charge >= 0.3 is 0 Å². The van der Waals surface area contributed by atoms with Crippen LogP contribution >= 0.6 is 0 Å². The van der Waals surface area contributed by atoms with Crippen molar-refractivity contribution in [2.24, 2.45) is 17.8 Å². The number of rotatable bonds is 6. The van der Waals surface area contributed by atoms with Crippen LogP contribution < -0.4 is 5.32 Å². The van der Waals surface area contributed by atoms with Crippen LogP contribution in [0.2, 0.25) is 0 Å². The molecule has 5 unspecified atom stereocenters. The van der Waals surface area contributed by atoms with Gasteiger partial charge in [0.15, 0.2) is 0 Å². The summed E-state index contributed by atoms with van der Waals surface area (Å²) in [6.07, 6.45) is 13.3. The van der Waals surface area contributed by atoms with Crippen molar-refractivity contribution < 1.29 is 4.74 Å². The highest BCUT2D eigenvalue weighted by Gasteiger charge is 2.39. The lowest BCUT2D eigenvalue weighted by atomic mass is 9.83. The van der Waals surface area contributed by atoms with E-state index in [1.54, 1.807) is 6.42 Å². The monoisotopic (exact) mass is 251 g/mol. The summed E-state index contributed by atoms with van der Waals surface area (Å²) < 4.78 is 5.74. The Morgan fingerprint density at radius 1 is 1.22 bits per heavy atom. The van der Waals surface area contributed by atoms with Crippen LogP contribution in [0.4, 0.5) is 0 Å². The molecule has 0 aromatic heterocycles. The molecule has 0 aromatic carbocycles. The maximum atomic E-state index is 5.74. The van der Waals surface area contributed by atoms with E-state index in [9.17, 15) is 0 Å². The van der Waals surface area contributed by atoms with Crippen molar-refractivity contribution in [3.63, 3.8) is 0 Å². The molecule has 104 valence electrons. The third kappa shape index (κ3) is 2.91. The van der Waals surface area contributed by atoms with Crippen molar-refractivity contribution >= 4 is 0 Å². The molecular formula is C16H29NO. The van der Waals surface area contributed by atoms with Gasteiger partial charge in [-0.25, -0.2) is 0 Å². The lowest BCUT2D eigenvalue weighted by Crippen LogP contribution is -2.30. The van der Waals surface area contributed by atoms with Crippen molar-refractivity contribution in [3.8, 4) is 0 Å². The van der Waals surface area contributed by atoms with Crippen LogP contribution in [0.25, 0.3) is 0 Å². The van der Waals surface area contributed by atoms with E-state index in [2.05, 4.69) is 12.4 Å². The lowest BCUT2D eigenvalue weighted by molar-refractivity contribution is 0.0983. The molecule has 2 aliphatic carbocycles. The van der Waals surface area contributed by atoms with Gasteiger partial charge in [-0.15, -0.1) is 0 Å². The first-order valence-electron chi connectivity index (χ1n) is 8.14. The Hall–Kier alpha value is -0.0800. The average Bonchev–Trinajstić information content (AvgIpc) is 3.10. The summed E-state index contributed by atoms with van der Waals surface area (Å²) >= 11 is 0. The first-order chi connectivity index (χ1) is 8.85. The predicted molar refractivity (Wildman–Crippen MR) is 74.6 cm³/mol. The van der Waals surface area contributed by atoms with E-state index in [1.165, 1.54) is 51.4 Å². The first-order valence-corrected chi connectivity index (χ1v) is 8.14. The Labute approximate surface area is 112 Å². The molecule has 0 spiro atoms. The zero-order chi connectivity index (χ0) is 12.4. The van der Waals surface area contributed by atoms with Gasteiger partial charge in [0.2, 0.25) is 0 Å². The van der Waals surface area contributed by atoms with Gasteiger partial charge in [-0.1, -0.05) is 6.42 Å². The summed E-state index contributed by atoms with van der Waals surface area (Å²) in [6.45, 7) is 1.00. The van der Waals surface area contributed by atoms with E-state index >= 15 is 0 Å². The second-order valence-electron chi connectivity index (χ2n) is 6.87. The van der Waals surface area contributed by atoms with E-state index < -0.39 is 0 Å². The molecule has 0 amide bonds. The van der Waals surface area contributed by atoms with E-state index in [0.717, 1.165) is 30.4 Å². The largest absolute Gasteiger partial charge is 0.378 e. The van der Waals surface area contributed by atoms with Gasteiger partial charge in [0.1, 0.15) is 0 Å². The molecule has 1 N–H and O–H groups in total. The van der Waals surface area contributed by atoms with Crippen LogP contribution in [0.15, 0.2) is 0 Å². The number of nitrogens with one attached hydrogen (secondary N) is 1. The molecule has 3 aliphatic rings. The molecule has 3 fully saturated rings. The van der Waals surface area contributed by atoms with Crippen molar-refractivity contribution in [1.82, 2.24) is 5.32 Å². The highest BCUT2D eigenvalue weighted by Crippen LogP contribution is 2.50. The van der Waals surface area contributed by atoms with Gasteiger partial charge in [-0.2, -0.15) is 0 Å². The van der Waals surface area contributed by atoms with E-state index in [-0.39, 0.29) is 0 Å². The van der Waals surface area contributed by atoms with Crippen molar-refractivity contribution in [1.29, 1.82) is 0 Å². The second-order valence-corrected chi connectivity index (χ2v) is 6.87. The standard InChI is InChI=1S/C16H29NO/c1-17-15(6-7-16-3-2-8-18-16)11-14-10-12-4-5-13(14)9-12/h12-17H,2-11H2,1H3. The van der Waals surface area contributed by atoms with E-state index in [1.807, 2.05) is 0 Å². The SMILES string of the molecule is CNC(CCC1CCCO1)CC1CC2CCC1C2. The molecule has 2 bridgehead atoms. The molecule has 0 aromatic rings. The van der Waals surface area contributed by atoms with Crippen LogP contribution in [0.3, 0.4) is 0 Å². The second kappa shape index (κ2) is 5.92. The normalized spacial score (nSPS) is 40.5. The molecule has 1 heterocycles. The molecule has 0 radical (unpaired) electrons. The highest BCUT2D eigenvalue weighted by atomic mass is 16.5. The fraction of sp³-hybridized carbons (Fsp3) is 1.00. The minimum absolute atomic E-state index is 0.570. The Kier molecular flexibility index (Phi) is 4.25.